The summed E-state index contributed by atoms with van der Waals surface area (Å²) >= 11 is 1.59. The van der Waals surface area contributed by atoms with Crippen LogP contribution in [0, 0.1) is 17.7 Å². The number of nitrogens with zero attached hydrogens (tertiary/aromatic N) is 2. The highest BCUT2D eigenvalue weighted by Crippen LogP contribution is 2.22. The molecule has 0 amide bonds. The van der Waals surface area contributed by atoms with Gasteiger partial charge in [-0.05, 0) is 23.8 Å². The Balaban J connectivity index is 2.09. The van der Waals surface area contributed by atoms with Crippen molar-refractivity contribution in [3.8, 4) is 11.8 Å². The Morgan fingerprint density at radius 3 is 2.95 bits per heavy atom. The quantitative estimate of drug-likeness (QED) is 0.690. The maximum Gasteiger partial charge on any atom is 0.124 e. The second-order valence-electron chi connectivity index (χ2n) is 3.95. The van der Waals surface area contributed by atoms with Gasteiger partial charge in [-0.1, -0.05) is 11.8 Å². The number of aliphatic hydroxyl groups excluding tert-OH is 1. The molecule has 0 bridgehead atoms. The number of hydrogen-bond donors (Lipinski definition) is 1. The second kappa shape index (κ2) is 6.41. The van der Waals surface area contributed by atoms with Crippen LogP contribution in [0.1, 0.15) is 11.1 Å². The van der Waals surface area contributed by atoms with Crippen molar-refractivity contribution >= 4 is 11.8 Å². The van der Waals surface area contributed by atoms with Crippen molar-refractivity contribution in [3.63, 3.8) is 0 Å². The zero-order chi connectivity index (χ0) is 13.7. The molecule has 1 heterocycles. The molecular weight excluding hydrogens is 263 g/mol. The first-order valence-electron chi connectivity index (χ1n) is 5.68. The first-order chi connectivity index (χ1) is 9.17. The average Bonchev–Trinajstić information content (AvgIpc) is 2.79. The molecule has 0 fully saturated rings. The lowest BCUT2D eigenvalue weighted by atomic mass is 10.1. The van der Waals surface area contributed by atoms with Crippen LogP contribution in [0.5, 0.6) is 0 Å². The summed E-state index contributed by atoms with van der Waals surface area (Å²) in [5.41, 5.74) is 1.44. The molecule has 2 aromatic rings. The summed E-state index contributed by atoms with van der Waals surface area (Å²) in [5, 5.41) is 12.7. The third-order valence-corrected chi connectivity index (χ3v) is 3.38. The molecule has 0 aliphatic rings. The fourth-order valence-electron chi connectivity index (χ4n) is 1.59. The highest BCUT2D eigenvalue weighted by atomic mass is 32.2. The van der Waals surface area contributed by atoms with Gasteiger partial charge in [0.25, 0.3) is 0 Å². The number of aryl methyl sites for hydroxylation is 1. The molecule has 5 heteroatoms. The molecular formula is C14H13FN2OS. The van der Waals surface area contributed by atoms with Crippen molar-refractivity contribution in [2.45, 2.75) is 10.6 Å². The van der Waals surface area contributed by atoms with Gasteiger partial charge in [0.05, 0.1) is 6.20 Å². The lowest BCUT2D eigenvalue weighted by Crippen LogP contribution is -1.87. The van der Waals surface area contributed by atoms with E-state index in [1.54, 1.807) is 22.6 Å². The summed E-state index contributed by atoms with van der Waals surface area (Å²) in [5.74, 6) is 5.56. The van der Waals surface area contributed by atoms with Crippen molar-refractivity contribution < 1.29 is 9.50 Å². The predicted molar refractivity (Wildman–Crippen MR) is 73.1 cm³/mol. The number of thioether (sulfide) groups is 1. The fraction of sp³-hybridized carbons (Fsp3) is 0.214. The van der Waals surface area contributed by atoms with Crippen LogP contribution < -0.4 is 0 Å². The van der Waals surface area contributed by atoms with E-state index in [-0.39, 0.29) is 12.4 Å². The summed E-state index contributed by atoms with van der Waals surface area (Å²) < 4.78 is 15.2. The van der Waals surface area contributed by atoms with Crippen LogP contribution in [0.25, 0.3) is 0 Å². The van der Waals surface area contributed by atoms with Gasteiger partial charge in [-0.2, -0.15) is 5.10 Å². The van der Waals surface area contributed by atoms with Crippen LogP contribution in [0.4, 0.5) is 4.39 Å². The monoisotopic (exact) mass is 276 g/mol. The van der Waals surface area contributed by atoms with Gasteiger partial charge in [0.2, 0.25) is 0 Å². The van der Waals surface area contributed by atoms with E-state index in [0.717, 1.165) is 10.5 Å². The Morgan fingerprint density at radius 1 is 1.42 bits per heavy atom. The number of hydrogen-bond acceptors (Lipinski definition) is 3. The molecule has 0 spiro atoms. The Kier molecular flexibility index (Phi) is 4.61. The first kappa shape index (κ1) is 13.7. The van der Waals surface area contributed by atoms with Crippen molar-refractivity contribution in [1.82, 2.24) is 9.78 Å². The molecule has 0 radical (unpaired) electrons. The Bertz CT molecular complexity index is 628. The van der Waals surface area contributed by atoms with Crippen molar-refractivity contribution in [1.29, 1.82) is 0 Å². The molecule has 2 rings (SSSR count). The number of halogens is 1. The van der Waals surface area contributed by atoms with E-state index in [4.69, 9.17) is 5.11 Å². The molecule has 0 unspecified atom stereocenters. The predicted octanol–water partition coefficient (Wildman–Crippen LogP) is 2.20. The zero-order valence-corrected chi connectivity index (χ0v) is 11.2. The Hall–Kier alpha value is -1.77. The van der Waals surface area contributed by atoms with E-state index in [1.807, 2.05) is 19.3 Å². The van der Waals surface area contributed by atoms with Crippen molar-refractivity contribution in [3.05, 3.63) is 47.5 Å². The molecule has 0 aliphatic heterocycles. The van der Waals surface area contributed by atoms with Crippen LogP contribution >= 0.6 is 11.8 Å². The third kappa shape index (κ3) is 4.12. The van der Waals surface area contributed by atoms with Crippen LogP contribution in [0.3, 0.4) is 0 Å². The molecule has 3 nitrogen and oxygen atoms in total. The summed E-state index contributed by atoms with van der Waals surface area (Å²) in [4.78, 5) is 1.04. The van der Waals surface area contributed by atoms with Crippen molar-refractivity contribution in [2.24, 2.45) is 7.05 Å². The third-order valence-electron chi connectivity index (χ3n) is 2.36. The molecule has 0 aliphatic carbocycles. The van der Waals surface area contributed by atoms with Gasteiger partial charge in [-0.25, -0.2) is 4.39 Å². The topological polar surface area (TPSA) is 38.0 Å². The average molecular weight is 276 g/mol. The maximum absolute atomic E-state index is 13.4. The Morgan fingerprint density at radius 2 is 2.26 bits per heavy atom. The number of benzene rings is 1. The van der Waals surface area contributed by atoms with Crippen molar-refractivity contribution in [2.75, 3.05) is 6.61 Å². The summed E-state index contributed by atoms with van der Waals surface area (Å²) in [6.45, 7) is -0.226. The maximum atomic E-state index is 13.4. The highest BCUT2D eigenvalue weighted by Gasteiger charge is 2.02. The fourth-order valence-corrected chi connectivity index (χ4v) is 2.44. The van der Waals surface area contributed by atoms with E-state index in [9.17, 15) is 4.39 Å². The standard InChI is InChI=1S/C14H13FN2OS/c1-17-9-14(8-16-17)19-10-12-5-11(3-2-4-18)6-13(15)7-12/h5-9,18H,4,10H2,1H3. The largest absolute Gasteiger partial charge is 0.384 e. The van der Waals surface area contributed by atoms with E-state index >= 15 is 0 Å². The highest BCUT2D eigenvalue weighted by molar-refractivity contribution is 7.98. The van der Waals surface area contributed by atoms with Gasteiger partial charge in [0, 0.05) is 29.5 Å². The second-order valence-corrected chi connectivity index (χ2v) is 5.00. The minimum absolute atomic E-state index is 0.226. The van der Waals surface area contributed by atoms with Crippen LogP contribution in [-0.4, -0.2) is 21.5 Å². The number of aliphatic hydroxyl groups is 1. The van der Waals surface area contributed by atoms with Crippen LogP contribution in [0.15, 0.2) is 35.5 Å². The normalized spacial score (nSPS) is 10.1. The van der Waals surface area contributed by atoms with Gasteiger partial charge < -0.3 is 5.11 Å². The van der Waals surface area contributed by atoms with Gasteiger partial charge in [-0.3, -0.25) is 4.68 Å². The zero-order valence-electron chi connectivity index (χ0n) is 10.4. The molecule has 1 N–H and O–H groups in total. The molecule has 1 aromatic heterocycles. The summed E-state index contributed by atoms with van der Waals surface area (Å²) in [6, 6.07) is 4.68. The van der Waals surface area contributed by atoms with E-state index < -0.39 is 0 Å². The van der Waals surface area contributed by atoms with E-state index in [0.29, 0.717) is 11.3 Å². The van der Waals surface area contributed by atoms with Gasteiger partial charge >= 0.3 is 0 Å². The van der Waals surface area contributed by atoms with Crippen LogP contribution in [0.2, 0.25) is 0 Å². The van der Waals surface area contributed by atoms with Gasteiger partial charge in [0.15, 0.2) is 0 Å². The minimum Gasteiger partial charge on any atom is -0.384 e. The molecule has 0 atom stereocenters. The molecule has 1 aromatic carbocycles. The first-order valence-corrected chi connectivity index (χ1v) is 6.66. The van der Waals surface area contributed by atoms with Gasteiger partial charge in [0.1, 0.15) is 12.4 Å². The molecule has 19 heavy (non-hydrogen) atoms. The summed E-state index contributed by atoms with van der Waals surface area (Å²) in [7, 11) is 1.86. The SMILES string of the molecule is Cn1cc(SCc2cc(F)cc(C#CCO)c2)cn1. The number of aromatic nitrogens is 2. The smallest absolute Gasteiger partial charge is 0.124 e. The molecule has 98 valence electrons. The number of rotatable bonds is 3. The van der Waals surface area contributed by atoms with Gasteiger partial charge in [-0.15, -0.1) is 11.8 Å². The molecule has 0 saturated heterocycles. The van der Waals surface area contributed by atoms with E-state index in [1.165, 1.54) is 12.1 Å². The Labute approximate surface area is 115 Å². The summed E-state index contributed by atoms with van der Waals surface area (Å²) in [6.07, 6.45) is 3.69. The van der Waals surface area contributed by atoms with Crippen LogP contribution in [-0.2, 0) is 12.8 Å². The molecule has 0 saturated carbocycles. The lowest BCUT2D eigenvalue weighted by Gasteiger charge is -2.01. The van der Waals surface area contributed by atoms with E-state index in [2.05, 4.69) is 16.9 Å². The lowest BCUT2D eigenvalue weighted by molar-refractivity contribution is 0.350. The minimum atomic E-state index is -0.313.